The molecule has 0 aromatic carbocycles. The SMILES string of the molecule is CC(NC(=O)c1ccc(CSC(F)F)o1)(C(=O)O)C1CC1. The van der Waals surface area contributed by atoms with E-state index in [4.69, 9.17) is 4.42 Å². The van der Waals surface area contributed by atoms with Crippen LogP contribution in [-0.4, -0.2) is 28.3 Å². The molecule has 0 aliphatic heterocycles. The number of amides is 1. The van der Waals surface area contributed by atoms with E-state index < -0.39 is 23.2 Å². The molecule has 0 spiro atoms. The number of hydrogen-bond donors (Lipinski definition) is 2. The highest BCUT2D eigenvalue weighted by Crippen LogP contribution is 2.39. The third kappa shape index (κ3) is 3.75. The molecule has 1 heterocycles. The normalized spacial score (nSPS) is 17.5. The van der Waals surface area contributed by atoms with Gasteiger partial charge in [0, 0.05) is 0 Å². The minimum absolute atomic E-state index is 0.0518. The Morgan fingerprint density at radius 1 is 1.52 bits per heavy atom. The molecule has 1 unspecified atom stereocenters. The summed E-state index contributed by atoms with van der Waals surface area (Å²) in [6, 6.07) is 2.78. The first-order chi connectivity index (χ1) is 9.83. The molecule has 116 valence electrons. The molecule has 0 bridgehead atoms. The number of carbonyl (C=O) groups is 2. The summed E-state index contributed by atoms with van der Waals surface area (Å²) in [6.45, 7) is 1.46. The number of alkyl halides is 2. The lowest BCUT2D eigenvalue weighted by molar-refractivity contribution is -0.144. The molecule has 5 nitrogen and oxygen atoms in total. The highest BCUT2D eigenvalue weighted by molar-refractivity contribution is 7.98. The number of rotatable bonds is 7. The molecule has 0 saturated heterocycles. The maximum atomic E-state index is 12.1. The van der Waals surface area contributed by atoms with E-state index in [9.17, 15) is 23.5 Å². The van der Waals surface area contributed by atoms with Gasteiger partial charge in [-0.15, -0.1) is 0 Å². The van der Waals surface area contributed by atoms with E-state index in [1.54, 1.807) is 0 Å². The third-order valence-electron chi connectivity index (χ3n) is 3.45. The van der Waals surface area contributed by atoms with Gasteiger partial charge in [0.25, 0.3) is 11.7 Å². The number of thioether (sulfide) groups is 1. The number of carboxylic acid groups (broad SMARTS) is 1. The van der Waals surface area contributed by atoms with Gasteiger partial charge in [0.05, 0.1) is 5.75 Å². The number of nitrogens with one attached hydrogen (secondary N) is 1. The summed E-state index contributed by atoms with van der Waals surface area (Å²) >= 11 is 0.389. The first-order valence-electron chi connectivity index (χ1n) is 6.37. The molecule has 1 amide bonds. The number of hydrogen-bond acceptors (Lipinski definition) is 4. The van der Waals surface area contributed by atoms with Crippen molar-refractivity contribution in [2.24, 2.45) is 5.92 Å². The van der Waals surface area contributed by atoms with Crippen molar-refractivity contribution in [1.29, 1.82) is 0 Å². The predicted octanol–water partition coefficient (Wildman–Crippen LogP) is 2.72. The van der Waals surface area contributed by atoms with Crippen LogP contribution in [0.2, 0.25) is 0 Å². The Hall–Kier alpha value is -1.57. The van der Waals surface area contributed by atoms with Crippen LogP contribution >= 0.6 is 11.8 Å². The molecule has 1 saturated carbocycles. The first kappa shape index (κ1) is 15.8. The number of aliphatic carboxylic acids is 1. The second kappa shape index (κ2) is 6.05. The van der Waals surface area contributed by atoms with Crippen molar-refractivity contribution in [3.63, 3.8) is 0 Å². The van der Waals surface area contributed by atoms with Crippen molar-refractivity contribution >= 4 is 23.6 Å². The maximum absolute atomic E-state index is 12.1. The monoisotopic (exact) mass is 319 g/mol. The Morgan fingerprint density at radius 2 is 2.19 bits per heavy atom. The molecule has 1 atom stereocenters. The summed E-state index contributed by atoms with van der Waals surface area (Å²) in [4.78, 5) is 23.3. The fourth-order valence-electron chi connectivity index (χ4n) is 2.01. The lowest BCUT2D eigenvalue weighted by Gasteiger charge is -2.25. The molecule has 8 heteroatoms. The summed E-state index contributed by atoms with van der Waals surface area (Å²) in [5.41, 5.74) is -1.33. The average Bonchev–Trinajstić information content (AvgIpc) is 3.15. The molecular formula is C13H15F2NO4S. The average molecular weight is 319 g/mol. The van der Waals surface area contributed by atoms with Gasteiger partial charge in [-0.1, -0.05) is 11.8 Å². The molecular weight excluding hydrogens is 304 g/mol. The van der Waals surface area contributed by atoms with Crippen LogP contribution in [0.25, 0.3) is 0 Å². The maximum Gasteiger partial charge on any atom is 0.329 e. The molecule has 2 N–H and O–H groups in total. The van der Waals surface area contributed by atoms with Crippen LogP contribution in [0.1, 0.15) is 36.1 Å². The molecule has 1 fully saturated rings. The standard InChI is InChI=1S/C13H15F2NO4S/c1-13(11(18)19,7-2-3-7)16-10(17)9-5-4-8(20-9)6-21-12(14)15/h4-5,7,12H,2-3,6H2,1H3,(H,16,17)(H,18,19). The summed E-state index contributed by atoms with van der Waals surface area (Å²) in [5.74, 6) is -4.25. The van der Waals surface area contributed by atoms with Gasteiger partial charge >= 0.3 is 5.97 Å². The van der Waals surface area contributed by atoms with Gasteiger partial charge in [-0.05, 0) is 37.8 Å². The van der Waals surface area contributed by atoms with Gasteiger partial charge in [-0.3, -0.25) is 4.79 Å². The van der Waals surface area contributed by atoms with Gasteiger partial charge in [-0.2, -0.15) is 8.78 Å². The van der Waals surface area contributed by atoms with Crippen LogP contribution in [0.3, 0.4) is 0 Å². The zero-order valence-corrected chi connectivity index (χ0v) is 12.1. The quantitative estimate of drug-likeness (QED) is 0.808. The molecule has 1 aromatic heterocycles. The zero-order chi connectivity index (χ0) is 15.6. The highest BCUT2D eigenvalue weighted by atomic mass is 32.2. The number of furan rings is 1. The number of carboxylic acids is 1. The molecule has 1 aromatic rings. The Kier molecular flexibility index (Phi) is 4.55. The van der Waals surface area contributed by atoms with Crippen LogP contribution in [0, 0.1) is 5.92 Å². The Bertz CT molecular complexity index is 544. The van der Waals surface area contributed by atoms with Crippen LogP contribution in [0.15, 0.2) is 16.5 Å². The Balaban J connectivity index is 2.01. The van der Waals surface area contributed by atoms with Gasteiger partial charge in [0.2, 0.25) is 0 Å². The topological polar surface area (TPSA) is 79.5 Å². The van der Waals surface area contributed by atoms with Gasteiger partial charge in [0.1, 0.15) is 11.3 Å². The number of carbonyl (C=O) groups excluding carboxylic acids is 1. The second-order valence-electron chi connectivity index (χ2n) is 5.07. The fourth-order valence-corrected chi connectivity index (χ4v) is 2.46. The molecule has 0 radical (unpaired) electrons. The van der Waals surface area contributed by atoms with Gasteiger partial charge in [-0.25, -0.2) is 4.79 Å². The van der Waals surface area contributed by atoms with E-state index in [0.717, 1.165) is 12.8 Å². The summed E-state index contributed by atoms with van der Waals surface area (Å²) in [7, 11) is 0. The number of halogens is 2. The van der Waals surface area contributed by atoms with E-state index in [-0.39, 0.29) is 23.2 Å². The summed E-state index contributed by atoms with van der Waals surface area (Å²) in [5, 5.41) is 11.7. The summed E-state index contributed by atoms with van der Waals surface area (Å²) < 4.78 is 29.3. The van der Waals surface area contributed by atoms with E-state index in [1.807, 2.05) is 0 Å². The van der Waals surface area contributed by atoms with Crippen LogP contribution in [0.5, 0.6) is 0 Å². The van der Waals surface area contributed by atoms with Gasteiger partial charge < -0.3 is 14.8 Å². The smallest absolute Gasteiger partial charge is 0.329 e. The minimum atomic E-state index is -2.52. The van der Waals surface area contributed by atoms with Gasteiger partial charge in [0.15, 0.2) is 5.76 Å². The minimum Gasteiger partial charge on any atom is -0.480 e. The third-order valence-corrected chi connectivity index (χ3v) is 4.15. The van der Waals surface area contributed by atoms with Crippen LogP contribution in [0.4, 0.5) is 8.78 Å². The lowest BCUT2D eigenvalue weighted by Crippen LogP contribution is -2.53. The Morgan fingerprint density at radius 3 is 2.71 bits per heavy atom. The highest BCUT2D eigenvalue weighted by Gasteiger charge is 2.48. The van der Waals surface area contributed by atoms with E-state index >= 15 is 0 Å². The van der Waals surface area contributed by atoms with Crippen LogP contribution in [-0.2, 0) is 10.5 Å². The molecule has 2 rings (SSSR count). The van der Waals surface area contributed by atoms with Crippen molar-refractivity contribution in [3.05, 3.63) is 23.7 Å². The molecule has 1 aliphatic rings. The van der Waals surface area contributed by atoms with E-state index in [0.29, 0.717) is 11.8 Å². The summed E-state index contributed by atoms with van der Waals surface area (Å²) in [6.07, 6.45) is 1.50. The predicted molar refractivity (Wildman–Crippen MR) is 72.2 cm³/mol. The second-order valence-corrected chi connectivity index (χ2v) is 6.05. The molecule has 21 heavy (non-hydrogen) atoms. The van der Waals surface area contributed by atoms with Crippen molar-refractivity contribution < 1.29 is 27.9 Å². The first-order valence-corrected chi connectivity index (χ1v) is 7.42. The Labute approximate surface area is 124 Å². The van der Waals surface area contributed by atoms with Crippen molar-refractivity contribution in [2.45, 2.75) is 36.8 Å². The lowest BCUT2D eigenvalue weighted by atomic mass is 9.96. The van der Waals surface area contributed by atoms with Crippen molar-refractivity contribution in [1.82, 2.24) is 5.32 Å². The van der Waals surface area contributed by atoms with Crippen molar-refractivity contribution in [3.8, 4) is 0 Å². The zero-order valence-electron chi connectivity index (χ0n) is 11.3. The fraction of sp³-hybridized carbons (Fsp3) is 0.538. The van der Waals surface area contributed by atoms with E-state index in [1.165, 1.54) is 19.1 Å². The van der Waals surface area contributed by atoms with Crippen LogP contribution < -0.4 is 5.32 Å². The van der Waals surface area contributed by atoms with E-state index in [2.05, 4.69) is 5.32 Å². The van der Waals surface area contributed by atoms with Crippen molar-refractivity contribution in [2.75, 3.05) is 0 Å². The largest absolute Gasteiger partial charge is 0.480 e. The molecule has 1 aliphatic carbocycles.